The number of thiophene rings is 1. The van der Waals surface area contributed by atoms with Gasteiger partial charge < -0.3 is 10.1 Å². The number of hydrogen-bond acceptors (Lipinski definition) is 3. The van der Waals surface area contributed by atoms with Crippen molar-refractivity contribution in [3.63, 3.8) is 0 Å². The van der Waals surface area contributed by atoms with Gasteiger partial charge in [-0.15, -0.1) is 11.3 Å². The van der Waals surface area contributed by atoms with E-state index in [1.807, 2.05) is 48.7 Å². The first-order valence-corrected chi connectivity index (χ1v) is 7.36. The average molecular weight is 300 g/mol. The second-order valence-corrected chi connectivity index (χ2v) is 5.14. The molecular weight excluding hydrogens is 284 g/mol. The van der Waals surface area contributed by atoms with E-state index < -0.39 is 0 Å². The highest BCUT2D eigenvalue weighted by atomic mass is 32.1. The van der Waals surface area contributed by atoms with Gasteiger partial charge in [-0.1, -0.05) is 30.0 Å². The number of urea groups is 1. The molecule has 0 saturated heterocycles. The van der Waals surface area contributed by atoms with Gasteiger partial charge in [0.2, 0.25) is 0 Å². The van der Waals surface area contributed by atoms with Crippen LogP contribution in [0.15, 0.2) is 41.8 Å². The molecule has 0 atom stereocenters. The number of hydrogen-bond donors (Lipinski definition) is 2. The van der Waals surface area contributed by atoms with Crippen molar-refractivity contribution in [3.8, 4) is 17.6 Å². The van der Waals surface area contributed by atoms with E-state index in [1.165, 1.54) is 11.3 Å². The predicted octanol–water partition coefficient (Wildman–Crippen LogP) is 3.26. The largest absolute Gasteiger partial charge is 0.481 e. The molecule has 1 aromatic carbocycles. The van der Waals surface area contributed by atoms with Crippen molar-refractivity contribution in [2.24, 2.45) is 0 Å². The molecule has 5 heteroatoms. The Balaban J connectivity index is 1.65. The Hall–Kier alpha value is -2.45. The van der Waals surface area contributed by atoms with Gasteiger partial charge in [-0.3, -0.25) is 5.32 Å². The SMILES string of the molecule is Cc1ccccc1OCC#CCNC(=O)Nc1cccs1. The molecule has 0 aliphatic rings. The molecule has 0 saturated carbocycles. The van der Waals surface area contributed by atoms with E-state index in [-0.39, 0.29) is 12.6 Å². The van der Waals surface area contributed by atoms with E-state index in [9.17, 15) is 4.79 Å². The number of carbonyl (C=O) groups is 1. The van der Waals surface area contributed by atoms with Crippen molar-refractivity contribution < 1.29 is 9.53 Å². The summed E-state index contributed by atoms with van der Waals surface area (Å²) < 4.78 is 5.53. The lowest BCUT2D eigenvalue weighted by atomic mass is 10.2. The normalized spacial score (nSPS) is 9.38. The first-order chi connectivity index (χ1) is 10.3. The molecule has 4 nitrogen and oxygen atoms in total. The highest BCUT2D eigenvalue weighted by molar-refractivity contribution is 7.14. The van der Waals surface area contributed by atoms with Crippen LogP contribution in [-0.4, -0.2) is 19.2 Å². The molecule has 0 aliphatic carbocycles. The number of ether oxygens (including phenoxy) is 1. The van der Waals surface area contributed by atoms with Gasteiger partial charge in [0.1, 0.15) is 12.4 Å². The summed E-state index contributed by atoms with van der Waals surface area (Å²) in [7, 11) is 0. The number of nitrogens with one attached hydrogen (secondary N) is 2. The van der Waals surface area contributed by atoms with Crippen molar-refractivity contribution in [2.75, 3.05) is 18.5 Å². The van der Waals surface area contributed by atoms with Gasteiger partial charge in [0.15, 0.2) is 0 Å². The highest BCUT2D eigenvalue weighted by Gasteiger charge is 1.99. The van der Waals surface area contributed by atoms with Gasteiger partial charge >= 0.3 is 6.03 Å². The van der Waals surface area contributed by atoms with Crippen LogP contribution in [0.3, 0.4) is 0 Å². The molecule has 0 bridgehead atoms. The summed E-state index contributed by atoms with van der Waals surface area (Å²) in [6.45, 7) is 2.58. The Morgan fingerprint density at radius 1 is 1.24 bits per heavy atom. The van der Waals surface area contributed by atoms with Crippen molar-refractivity contribution >= 4 is 22.4 Å². The van der Waals surface area contributed by atoms with Crippen LogP contribution in [0, 0.1) is 18.8 Å². The van der Waals surface area contributed by atoms with Gasteiger partial charge in [0.25, 0.3) is 0 Å². The fourth-order valence-corrected chi connectivity index (χ4v) is 2.19. The number of amides is 2. The zero-order valence-electron chi connectivity index (χ0n) is 11.7. The third-order valence-electron chi connectivity index (χ3n) is 2.61. The van der Waals surface area contributed by atoms with E-state index in [0.717, 1.165) is 16.3 Å². The average Bonchev–Trinajstić information content (AvgIpc) is 2.97. The molecule has 2 rings (SSSR count). The fraction of sp³-hybridized carbons (Fsp3) is 0.188. The molecule has 108 valence electrons. The van der Waals surface area contributed by atoms with Crippen LogP contribution in [0.1, 0.15) is 5.56 Å². The van der Waals surface area contributed by atoms with Crippen molar-refractivity contribution in [2.45, 2.75) is 6.92 Å². The van der Waals surface area contributed by atoms with E-state index in [1.54, 1.807) is 0 Å². The van der Waals surface area contributed by atoms with Crippen LogP contribution >= 0.6 is 11.3 Å². The minimum atomic E-state index is -0.258. The Morgan fingerprint density at radius 2 is 2.10 bits per heavy atom. The second kappa shape index (κ2) is 7.98. The molecule has 0 spiro atoms. The lowest BCUT2D eigenvalue weighted by Gasteiger charge is -2.04. The summed E-state index contributed by atoms with van der Waals surface area (Å²) in [5.41, 5.74) is 1.08. The quantitative estimate of drug-likeness (QED) is 0.852. The predicted molar refractivity (Wildman–Crippen MR) is 85.8 cm³/mol. The third kappa shape index (κ3) is 5.21. The lowest BCUT2D eigenvalue weighted by molar-refractivity contribution is 0.253. The first kappa shape index (κ1) is 14.9. The Bertz CT molecular complexity index is 642. The summed E-state index contributed by atoms with van der Waals surface area (Å²) >= 11 is 1.47. The molecule has 0 fully saturated rings. The first-order valence-electron chi connectivity index (χ1n) is 6.48. The molecular formula is C16H16N2O2S. The van der Waals surface area contributed by atoms with Crippen LogP contribution in [0.4, 0.5) is 9.80 Å². The van der Waals surface area contributed by atoms with Gasteiger partial charge in [-0.25, -0.2) is 4.79 Å². The number of carbonyl (C=O) groups excluding carboxylic acids is 1. The maximum Gasteiger partial charge on any atom is 0.320 e. The third-order valence-corrected chi connectivity index (χ3v) is 3.40. The molecule has 21 heavy (non-hydrogen) atoms. The standard InChI is InChI=1S/C16H16N2O2S/c1-13-7-2-3-8-14(13)20-11-5-4-10-17-16(19)18-15-9-6-12-21-15/h2-3,6-9,12H,10-11H2,1H3,(H2,17,18,19). The van der Waals surface area contributed by atoms with Crippen LogP contribution in [0.2, 0.25) is 0 Å². The molecule has 0 unspecified atom stereocenters. The summed E-state index contributed by atoms with van der Waals surface area (Å²) in [4.78, 5) is 11.5. The fourth-order valence-electron chi connectivity index (χ4n) is 1.58. The minimum absolute atomic E-state index is 0.258. The van der Waals surface area contributed by atoms with Crippen LogP contribution in [0.5, 0.6) is 5.75 Å². The monoisotopic (exact) mass is 300 g/mol. The summed E-state index contributed by atoms with van der Waals surface area (Å²) in [6.07, 6.45) is 0. The second-order valence-electron chi connectivity index (χ2n) is 4.19. The van der Waals surface area contributed by atoms with Gasteiger partial charge in [-0.05, 0) is 36.1 Å². The van der Waals surface area contributed by atoms with Gasteiger partial charge in [0.05, 0.1) is 11.5 Å². The molecule has 1 heterocycles. The number of anilines is 1. The highest BCUT2D eigenvalue weighted by Crippen LogP contribution is 2.15. The number of aryl methyl sites for hydroxylation is 1. The maximum atomic E-state index is 11.5. The maximum absolute atomic E-state index is 11.5. The molecule has 2 aromatic rings. The van der Waals surface area contributed by atoms with Crippen molar-refractivity contribution in [1.29, 1.82) is 0 Å². The number of benzene rings is 1. The van der Waals surface area contributed by atoms with Crippen molar-refractivity contribution in [3.05, 3.63) is 47.3 Å². The zero-order valence-corrected chi connectivity index (χ0v) is 12.5. The van der Waals surface area contributed by atoms with Crippen LogP contribution < -0.4 is 15.4 Å². The summed E-state index contributed by atoms with van der Waals surface area (Å²) in [6, 6.07) is 11.2. The van der Waals surface area contributed by atoms with E-state index in [0.29, 0.717) is 6.61 Å². The van der Waals surface area contributed by atoms with Gasteiger partial charge in [-0.2, -0.15) is 0 Å². The minimum Gasteiger partial charge on any atom is -0.481 e. The Labute approximate surface area is 128 Å². The zero-order chi connectivity index (χ0) is 14.9. The Morgan fingerprint density at radius 3 is 2.86 bits per heavy atom. The molecule has 0 radical (unpaired) electrons. The smallest absolute Gasteiger partial charge is 0.320 e. The van der Waals surface area contributed by atoms with E-state index >= 15 is 0 Å². The summed E-state index contributed by atoms with van der Waals surface area (Å²) in [5, 5.41) is 8.08. The van der Waals surface area contributed by atoms with E-state index in [4.69, 9.17) is 4.74 Å². The Kier molecular flexibility index (Phi) is 5.68. The topological polar surface area (TPSA) is 50.4 Å². The van der Waals surface area contributed by atoms with Crippen LogP contribution in [0.25, 0.3) is 0 Å². The van der Waals surface area contributed by atoms with Crippen LogP contribution in [-0.2, 0) is 0 Å². The molecule has 0 aliphatic heterocycles. The molecule has 2 amide bonds. The summed E-state index contributed by atoms with van der Waals surface area (Å²) in [5.74, 6) is 6.53. The van der Waals surface area contributed by atoms with E-state index in [2.05, 4.69) is 22.5 Å². The molecule has 2 N–H and O–H groups in total. The number of rotatable bonds is 4. The lowest BCUT2D eigenvalue weighted by Crippen LogP contribution is -2.28. The van der Waals surface area contributed by atoms with Gasteiger partial charge in [0, 0.05) is 0 Å². The molecule has 1 aromatic heterocycles. The number of para-hydroxylation sites is 1. The van der Waals surface area contributed by atoms with Crippen molar-refractivity contribution in [1.82, 2.24) is 5.32 Å².